The Balaban J connectivity index is 1.54. The lowest BCUT2D eigenvalue weighted by molar-refractivity contribution is 0.162. The summed E-state index contributed by atoms with van der Waals surface area (Å²) < 4.78 is 5.24. The van der Waals surface area contributed by atoms with E-state index in [1.807, 2.05) is 29.5 Å². The van der Waals surface area contributed by atoms with E-state index in [2.05, 4.69) is 28.0 Å². The number of hydrogen-bond donors (Lipinski definition) is 1. The highest BCUT2D eigenvalue weighted by Crippen LogP contribution is 2.38. The molecule has 1 aromatic heterocycles. The Morgan fingerprint density at radius 2 is 1.82 bits per heavy atom. The van der Waals surface area contributed by atoms with Crippen LogP contribution in [0.1, 0.15) is 69.1 Å². The summed E-state index contributed by atoms with van der Waals surface area (Å²) in [7, 11) is 1.61. The fraction of sp³-hybridized carbons (Fsp3) is 0.556. The fourth-order valence-electron chi connectivity index (χ4n) is 5.47. The molecule has 1 atom stereocenters. The van der Waals surface area contributed by atoms with E-state index in [1.54, 1.807) is 13.2 Å². The fourth-order valence-corrected chi connectivity index (χ4v) is 6.24. The molecule has 0 spiro atoms. The molecule has 1 heterocycles. The van der Waals surface area contributed by atoms with Gasteiger partial charge in [0.2, 0.25) is 0 Å². The van der Waals surface area contributed by atoms with E-state index in [0.717, 1.165) is 25.0 Å². The van der Waals surface area contributed by atoms with Crippen molar-refractivity contribution in [3.05, 3.63) is 46.7 Å². The summed E-state index contributed by atoms with van der Waals surface area (Å²) in [6.07, 6.45) is 12.9. The van der Waals surface area contributed by atoms with Crippen LogP contribution in [0.25, 0.3) is 0 Å². The summed E-state index contributed by atoms with van der Waals surface area (Å²) in [6.45, 7) is 0. The summed E-state index contributed by atoms with van der Waals surface area (Å²) >= 11 is 1.82. The Kier molecular flexibility index (Phi) is 8.81. The molecule has 0 radical (unpaired) electrons. The monoisotopic (exact) mass is 468 g/mol. The first kappa shape index (κ1) is 23.8. The number of methoxy groups -OCH3 is 1. The maximum Gasteiger partial charge on any atom is 0.437 e. The van der Waals surface area contributed by atoms with Crippen LogP contribution in [-0.4, -0.2) is 18.9 Å². The van der Waals surface area contributed by atoms with Crippen molar-refractivity contribution in [1.82, 2.24) is 0 Å². The lowest BCUT2D eigenvalue weighted by atomic mass is 9.71. The second-order valence-corrected chi connectivity index (χ2v) is 10.4. The number of hydrogen-bond acceptors (Lipinski definition) is 5. The number of anilines is 1. The van der Waals surface area contributed by atoms with Gasteiger partial charge in [-0.05, 0) is 61.6 Å². The van der Waals surface area contributed by atoms with Gasteiger partial charge >= 0.3 is 6.09 Å². The van der Waals surface area contributed by atoms with Gasteiger partial charge in [0, 0.05) is 28.5 Å². The Morgan fingerprint density at radius 3 is 2.52 bits per heavy atom. The van der Waals surface area contributed by atoms with Gasteiger partial charge in [0.15, 0.2) is 0 Å². The highest BCUT2D eigenvalue weighted by atomic mass is 32.1. The topological polar surface area (TPSA) is 59.9 Å². The average Bonchev–Trinajstić information content (AvgIpc) is 3.38. The van der Waals surface area contributed by atoms with E-state index in [-0.39, 0.29) is 0 Å². The van der Waals surface area contributed by atoms with Crippen LogP contribution in [0.15, 0.2) is 46.9 Å². The van der Waals surface area contributed by atoms with Crippen LogP contribution in [0, 0.1) is 17.8 Å². The third kappa shape index (κ3) is 6.83. The molecule has 0 saturated heterocycles. The van der Waals surface area contributed by atoms with E-state index < -0.39 is 6.09 Å². The first-order valence-electron chi connectivity index (χ1n) is 12.4. The van der Waals surface area contributed by atoms with Crippen molar-refractivity contribution in [2.24, 2.45) is 22.9 Å². The molecule has 1 unspecified atom stereocenters. The predicted molar refractivity (Wildman–Crippen MR) is 135 cm³/mol. The number of ether oxygens (including phenoxy) is 1. The van der Waals surface area contributed by atoms with Crippen LogP contribution in [0.3, 0.4) is 0 Å². The number of carbonyl (C=O) groups is 1. The number of carbonyl (C=O) groups excluding carboxylic acids is 1. The number of nitrogens with zero attached hydrogens (tertiary/aromatic N) is 1. The maximum absolute atomic E-state index is 12.6. The molecule has 1 aromatic carbocycles. The van der Waals surface area contributed by atoms with Gasteiger partial charge in [0.25, 0.3) is 0 Å². The van der Waals surface area contributed by atoms with E-state index in [9.17, 15) is 4.79 Å². The number of rotatable bonds is 8. The molecule has 1 amide bonds. The molecule has 2 fully saturated rings. The molecule has 2 aliphatic rings. The Hall–Kier alpha value is -2.34. The second-order valence-electron chi connectivity index (χ2n) is 9.37. The van der Waals surface area contributed by atoms with E-state index in [4.69, 9.17) is 9.57 Å². The van der Waals surface area contributed by atoms with Crippen molar-refractivity contribution in [2.75, 3.05) is 12.4 Å². The van der Waals surface area contributed by atoms with E-state index >= 15 is 0 Å². The lowest BCUT2D eigenvalue weighted by Crippen LogP contribution is -2.34. The number of benzene rings is 1. The normalized spacial score (nSPS) is 19.1. The highest BCUT2D eigenvalue weighted by molar-refractivity contribution is 7.09. The Labute approximate surface area is 201 Å². The smallest absolute Gasteiger partial charge is 0.437 e. The zero-order chi connectivity index (χ0) is 22.9. The molecule has 6 heteroatoms. The van der Waals surface area contributed by atoms with Gasteiger partial charge in [-0.25, -0.2) is 4.79 Å². The SMILES string of the molecule is COc1cccc(NC(=O)O/N=C(\C2CCCCC2)C(Cc2cccs2)C2CCCCC2)c1. The molecule has 0 aliphatic heterocycles. The first-order chi connectivity index (χ1) is 16.2. The second kappa shape index (κ2) is 12.2. The summed E-state index contributed by atoms with van der Waals surface area (Å²) in [4.78, 5) is 19.6. The largest absolute Gasteiger partial charge is 0.497 e. The molecule has 2 saturated carbocycles. The van der Waals surface area contributed by atoms with Gasteiger partial charge in [-0.2, -0.15) is 0 Å². The molecular formula is C27H36N2O3S. The third-order valence-electron chi connectivity index (χ3n) is 7.17. The zero-order valence-electron chi connectivity index (χ0n) is 19.6. The Morgan fingerprint density at radius 1 is 1.06 bits per heavy atom. The van der Waals surface area contributed by atoms with Gasteiger partial charge in [-0.3, -0.25) is 10.2 Å². The summed E-state index contributed by atoms with van der Waals surface area (Å²) in [6, 6.07) is 11.6. The lowest BCUT2D eigenvalue weighted by Gasteiger charge is -2.35. The van der Waals surface area contributed by atoms with Crippen molar-refractivity contribution < 1.29 is 14.4 Å². The predicted octanol–water partition coefficient (Wildman–Crippen LogP) is 7.68. The number of amides is 1. The first-order valence-corrected chi connectivity index (χ1v) is 13.3. The van der Waals surface area contributed by atoms with Crippen LogP contribution in [0.2, 0.25) is 0 Å². The van der Waals surface area contributed by atoms with Crippen molar-refractivity contribution >= 4 is 28.8 Å². The minimum absolute atomic E-state index is 0.344. The Bertz CT molecular complexity index is 900. The van der Waals surface area contributed by atoms with Gasteiger partial charge in [-0.1, -0.05) is 55.8 Å². The minimum Gasteiger partial charge on any atom is -0.497 e. The summed E-state index contributed by atoms with van der Waals surface area (Å²) in [5.74, 6) is 2.06. The average molecular weight is 469 g/mol. The van der Waals surface area contributed by atoms with E-state index in [1.165, 1.54) is 56.2 Å². The number of nitrogens with one attached hydrogen (secondary N) is 1. The molecule has 178 valence electrons. The van der Waals surface area contributed by atoms with Gasteiger partial charge < -0.3 is 4.74 Å². The minimum atomic E-state index is -0.546. The number of oxime groups is 1. The molecule has 2 aliphatic carbocycles. The third-order valence-corrected chi connectivity index (χ3v) is 8.07. The van der Waals surface area contributed by atoms with Crippen LogP contribution < -0.4 is 10.1 Å². The molecule has 2 aromatic rings. The quantitative estimate of drug-likeness (QED) is 0.245. The van der Waals surface area contributed by atoms with Crippen molar-refractivity contribution in [3.8, 4) is 5.75 Å². The van der Waals surface area contributed by atoms with Crippen LogP contribution in [0.5, 0.6) is 5.75 Å². The van der Waals surface area contributed by atoms with E-state index in [0.29, 0.717) is 29.2 Å². The van der Waals surface area contributed by atoms with Crippen molar-refractivity contribution in [3.63, 3.8) is 0 Å². The van der Waals surface area contributed by atoms with Gasteiger partial charge in [0.05, 0.1) is 12.8 Å². The maximum atomic E-state index is 12.6. The standard InChI is InChI=1S/C27H36N2O3S/c1-31-23-15-8-14-22(18-23)28-27(30)32-29-26(21-12-6-3-7-13-21)25(19-24-16-9-17-33-24)20-10-4-2-5-11-20/h8-9,14-18,20-21,25H,2-7,10-13,19H2,1H3,(H,28,30)/b29-26+. The molecule has 1 N–H and O–H groups in total. The molecular weight excluding hydrogens is 432 g/mol. The van der Waals surface area contributed by atoms with Crippen molar-refractivity contribution in [2.45, 2.75) is 70.6 Å². The summed E-state index contributed by atoms with van der Waals surface area (Å²) in [5, 5.41) is 9.57. The molecule has 5 nitrogen and oxygen atoms in total. The van der Waals surface area contributed by atoms with Crippen molar-refractivity contribution in [1.29, 1.82) is 0 Å². The molecule has 0 bridgehead atoms. The zero-order valence-corrected chi connectivity index (χ0v) is 20.4. The molecule has 4 rings (SSSR count). The number of thiophene rings is 1. The van der Waals surface area contributed by atoms with Gasteiger partial charge in [-0.15, -0.1) is 11.3 Å². The van der Waals surface area contributed by atoms with Crippen LogP contribution >= 0.6 is 11.3 Å². The van der Waals surface area contributed by atoms with Crippen LogP contribution in [-0.2, 0) is 11.3 Å². The van der Waals surface area contributed by atoms with Crippen LogP contribution in [0.4, 0.5) is 10.5 Å². The van der Waals surface area contributed by atoms with Gasteiger partial charge in [0.1, 0.15) is 5.75 Å². The molecule has 33 heavy (non-hydrogen) atoms. The summed E-state index contributed by atoms with van der Waals surface area (Å²) in [5.41, 5.74) is 1.76. The highest BCUT2D eigenvalue weighted by Gasteiger charge is 2.34.